The summed E-state index contributed by atoms with van der Waals surface area (Å²) in [4.78, 5) is 10.1. The lowest BCUT2D eigenvalue weighted by atomic mass is 9.99. The number of nitrogens with zero attached hydrogens (tertiary/aromatic N) is 3. The van der Waals surface area contributed by atoms with Gasteiger partial charge in [0.05, 0.1) is 12.4 Å². The smallest absolute Gasteiger partial charge is 0.288 e. The zero-order chi connectivity index (χ0) is 15.6. The third kappa shape index (κ3) is 3.40. The van der Waals surface area contributed by atoms with Crippen LogP contribution in [0.25, 0.3) is 0 Å². The topological polar surface area (TPSA) is 29.0 Å². The van der Waals surface area contributed by atoms with Crippen LogP contribution in [0.1, 0.15) is 24.6 Å². The molecule has 1 saturated heterocycles. The third-order valence-electron chi connectivity index (χ3n) is 4.05. The Kier molecular flexibility index (Phi) is 4.05. The second-order valence-electron chi connectivity index (χ2n) is 5.94. The van der Waals surface area contributed by atoms with Gasteiger partial charge < -0.3 is 4.90 Å². The van der Waals surface area contributed by atoms with Gasteiger partial charge in [0.25, 0.3) is 5.92 Å². The highest BCUT2D eigenvalue weighted by Gasteiger charge is 2.29. The summed E-state index contributed by atoms with van der Waals surface area (Å²) in [5.74, 6) is -1.88. The molecular weight excluding hydrogens is 284 g/mol. The molecule has 1 aliphatic heterocycles. The van der Waals surface area contributed by atoms with E-state index < -0.39 is 5.92 Å². The van der Waals surface area contributed by atoms with Crippen molar-refractivity contribution in [1.29, 1.82) is 0 Å². The van der Waals surface area contributed by atoms with Crippen LogP contribution in [0.5, 0.6) is 0 Å². The van der Waals surface area contributed by atoms with Crippen molar-refractivity contribution in [2.75, 3.05) is 18.0 Å². The molecule has 0 amide bonds. The molecule has 0 N–H and O–H groups in total. The fraction of sp³-hybridized carbons (Fsp3) is 0.412. The number of anilines is 1. The van der Waals surface area contributed by atoms with E-state index >= 15 is 0 Å². The van der Waals surface area contributed by atoms with Crippen LogP contribution in [0.2, 0.25) is 0 Å². The molecule has 1 atom stereocenters. The molecule has 3 rings (SSSR count). The first-order chi connectivity index (χ1) is 10.5. The molecule has 5 heteroatoms. The van der Waals surface area contributed by atoms with Crippen molar-refractivity contribution in [2.45, 2.75) is 25.7 Å². The molecule has 0 radical (unpaired) electrons. The minimum absolute atomic E-state index is 0.267. The molecule has 1 unspecified atom stereocenters. The zero-order valence-corrected chi connectivity index (χ0v) is 12.5. The van der Waals surface area contributed by atoms with Gasteiger partial charge in [-0.3, -0.25) is 4.98 Å². The molecule has 22 heavy (non-hydrogen) atoms. The molecule has 116 valence electrons. The maximum absolute atomic E-state index is 13.4. The van der Waals surface area contributed by atoms with Gasteiger partial charge in [-0.15, -0.1) is 0 Å². The average Bonchev–Trinajstić information content (AvgIpc) is 2.96. The molecule has 1 aliphatic rings. The van der Waals surface area contributed by atoms with Crippen molar-refractivity contribution in [3.05, 3.63) is 54.0 Å². The van der Waals surface area contributed by atoms with Crippen LogP contribution in [0.4, 0.5) is 14.6 Å². The normalized spacial score (nSPS) is 18.7. The van der Waals surface area contributed by atoms with Crippen molar-refractivity contribution in [3.8, 4) is 0 Å². The van der Waals surface area contributed by atoms with E-state index in [2.05, 4.69) is 27.0 Å². The fourth-order valence-corrected chi connectivity index (χ4v) is 2.87. The summed E-state index contributed by atoms with van der Waals surface area (Å²) < 4.78 is 26.7. The molecule has 3 nitrogen and oxygen atoms in total. The van der Waals surface area contributed by atoms with Crippen molar-refractivity contribution in [3.63, 3.8) is 0 Å². The van der Waals surface area contributed by atoms with Gasteiger partial charge in [-0.2, -0.15) is 8.78 Å². The van der Waals surface area contributed by atoms with Gasteiger partial charge in [-0.1, -0.05) is 30.3 Å². The number of benzene rings is 1. The highest BCUT2D eigenvalue weighted by atomic mass is 19.3. The second kappa shape index (κ2) is 5.99. The van der Waals surface area contributed by atoms with Crippen molar-refractivity contribution in [2.24, 2.45) is 5.92 Å². The number of halogens is 2. The quantitative estimate of drug-likeness (QED) is 0.863. The van der Waals surface area contributed by atoms with E-state index in [1.807, 2.05) is 18.2 Å². The molecule has 1 aromatic carbocycles. The Morgan fingerprint density at radius 2 is 2.00 bits per heavy atom. The number of hydrogen-bond donors (Lipinski definition) is 0. The molecule has 0 aliphatic carbocycles. The van der Waals surface area contributed by atoms with E-state index in [0.29, 0.717) is 11.7 Å². The molecule has 1 fully saturated rings. The Bertz CT molecular complexity index is 625. The highest BCUT2D eigenvalue weighted by Crippen LogP contribution is 2.28. The summed E-state index contributed by atoms with van der Waals surface area (Å²) in [6.45, 7) is 2.52. The molecule has 0 bridgehead atoms. The van der Waals surface area contributed by atoms with E-state index in [1.165, 1.54) is 5.56 Å². The van der Waals surface area contributed by atoms with Crippen LogP contribution in [-0.4, -0.2) is 23.1 Å². The minimum atomic E-state index is -2.95. The van der Waals surface area contributed by atoms with Crippen LogP contribution in [-0.2, 0) is 12.3 Å². The minimum Gasteiger partial charge on any atom is -0.355 e. The van der Waals surface area contributed by atoms with Gasteiger partial charge in [0.2, 0.25) is 0 Å². The zero-order valence-electron chi connectivity index (χ0n) is 12.5. The second-order valence-corrected chi connectivity index (χ2v) is 5.94. The van der Waals surface area contributed by atoms with Crippen molar-refractivity contribution < 1.29 is 8.78 Å². The van der Waals surface area contributed by atoms with Gasteiger partial charge in [0.1, 0.15) is 11.5 Å². The molecule has 1 aromatic heterocycles. The first-order valence-electron chi connectivity index (χ1n) is 7.51. The predicted molar refractivity (Wildman–Crippen MR) is 82.1 cm³/mol. The summed E-state index contributed by atoms with van der Waals surface area (Å²) in [6.07, 6.45) is 4.76. The lowest BCUT2D eigenvalue weighted by molar-refractivity contribution is 0.0124. The molecular formula is C17H19F2N3. The van der Waals surface area contributed by atoms with Crippen LogP contribution >= 0.6 is 0 Å². The molecule has 0 saturated carbocycles. The Labute approximate surface area is 129 Å². The number of aromatic nitrogens is 2. The van der Waals surface area contributed by atoms with Crippen LogP contribution in [0.15, 0.2) is 42.7 Å². The average molecular weight is 303 g/mol. The Morgan fingerprint density at radius 1 is 1.23 bits per heavy atom. The number of hydrogen-bond acceptors (Lipinski definition) is 3. The summed E-state index contributed by atoms with van der Waals surface area (Å²) in [7, 11) is 0. The van der Waals surface area contributed by atoms with E-state index in [-0.39, 0.29) is 5.69 Å². The first-order valence-corrected chi connectivity index (χ1v) is 7.51. The van der Waals surface area contributed by atoms with E-state index in [9.17, 15) is 8.78 Å². The first kappa shape index (κ1) is 14.9. The third-order valence-corrected chi connectivity index (χ3v) is 4.05. The fourth-order valence-electron chi connectivity index (χ4n) is 2.87. The van der Waals surface area contributed by atoms with E-state index in [1.54, 1.807) is 6.20 Å². The van der Waals surface area contributed by atoms with Gasteiger partial charge in [0, 0.05) is 20.0 Å². The number of alkyl halides is 2. The summed E-state index contributed by atoms with van der Waals surface area (Å²) in [6, 6.07) is 10.3. The largest absolute Gasteiger partial charge is 0.355 e. The lowest BCUT2D eigenvalue weighted by Crippen LogP contribution is -2.23. The van der Waals surface area contributed by atoms with Crippen LogP contribution in [0.3, 0.4) is 0 Å². The molecule has 0 spiro atoms. The predicted octanol–water partition coefficient (Wildman–Crippen LogP) is 3.66. The van der Waals surface area contributed by atoms with Crippen LogP contribution < -0.4 is 4.90 Å². The van der Waals surface area contributed by atoms with E-state index in [4.69, 9.17) is 0 Å². The Hall–Kier alpha value is -2.04. The summed E-state index contributed by atoms with van der Waals surface area (Å²) in [5, 5.41) is 0. The maximum atomic E-state index is 13.4. The van der Waals surface area contributed by atoms with Crippen molar-refractivity contribution >= 4 is 5.82 Å². The van der Waals surface area contributed by atoms with Gasteiger partial charge in [0.15, 0.2) is 0 Å². The van der Waals surface area contributed by atoms with Gasteiger partial charge in [-0.25, -0.2) is 4.98 Å². The van der Waals surface area contributed by atoms with E-state index in [0.717, 1.165) is 39.1 Å². The Balaban J connectivity index is 1.68. The highest BCUT2D eigenvalue weighted by molar-refractivity contribution is 5.38. The SMILES string of the molecule is CC(F)(F)c1cncc(N2CCC(Cc3ccccc3)C2)n1. The standard InChI is InChI=1S/C17H19F2N3/c1-17(18,19)15-10-20-11-16(21-15)22-8-7-14(12-22)9-13-5-3-2-4-6-13/h2-6,10-11,14H,7-9,12H2,1H3. The molecule has 2 heterocycles. The van der Waals surface area contributed by atoms with Gasteiger partial charge >= 0.3 is 0 Å². The lowest BCUT2D eigenvalue weighted by Gasteiger charge is -2.19. The summed E-state index contributed by atoms with van der Waals surface area (Å²) >= 11 is 0. The Morgan fingerprint density at radius 3 is 2.73 bits per heavy atom. The van der Waals surface area contributed by atoms with Crippen molar-refractivity contribution in [1.82, 2.24) is 9.97 Å². The maximum Gasteiger partial charge on any atom is 0.288 e. The molecule has 2 aromatic rings. The monoisotopic (exact) mass is 303 g/mol. The summed E-state index contributed by atoms with van der Waals surface area (Å²) in [5.41, 5.74) is 1.05. The van der Waals surface area contributed by atoms with Gasteiger partial charge in [-0.05, 0) is 24.3 Å². The number of rotatable bonds is 4. The van der Waals surface area contributed by atoms with Crippen LogP contribution in [0, 0.1) is 5.92 Å².